The summed E-state index contributed by atoms with van der Waals surface area (Å²) < 4.78 is 5.29. The molecule has 0 aliphatic rings. The number of carbonyl (C=O) groups is 3. The van der Waals surface area contributed by atoms with Crippen LogP contribution in [0.3, 0.4) is 0 Å². The summed E-state index contributed by atoms with van der Waals surface area (Å²) in [4.78, 5) is 40.7. The molecule has 2 N–H and O–H groups in total. The molecule has 1 rings (SSSR count). The first-order valence-electron chi connectivity index (χ1n) is 11.0. The number of amides is 3. The van der Waals surface area contributed by atoms with Crippen LogP contribution >= 0.6 is 12.6 Å². The van der Waals surface area contributed by atoms with E-state index in [0.717, 1.165) is 11.1 Å². The van der Waals surface area contributed by atoms with E-state index in [2.05, 4.69) is 29.8 Å². The zero-order valence-corrected chi connectivity index (χ0v) is 22.0. The summed E-state index contributed by atoms with van der Waals surface area (Å²) >= 11 is 4.27. The number of thiol groups is 1. The molecule has 0 fully saturated rings. The van der Waals surface area contributed by atoms with Crippen molar-refractivity contribution in [3.63, 3.8) is 0 Å². The van der Waals surface area contributed by atoms with E-state index in [1.54, 1.807) is 26.8 Å². The average molecular weight is 478 g/mol. The largest absolute Gasteiger partial charge is 0.444 e. The van der Waals surface area contributed by atoms with Gasteiger partial charge in [0.15, 0.2) is 0 Å². The van der Waals surface area contributed by atoms with Crippen molar-refractivity contribution in [3.8, 4) is 0 Å². The summed E-state index contributed by atoms with van der Waals surface area (Å²) in [7, 11) is 0. The number of nitrogens with zero attached hydrogens (tertiary/aromatic N) is 1. The minimum absolute atomic E-state index is 0.0340. The monoisotopic (exact) mass is 477 g/mol. The van der Waals surface area contributed by atoms with Gasteiger partial charge in [0.05, 0.1) is 0 Å². The van der Waals surface area contributed by atoms with E-state index < -0.39 is 35.2 Å². The lowest BCUT2D eigenvalue weighted by molar-refractivity contribution is -0.142. The van der Waals surface area contributed by atoms with E-state index in [4.69, 9.17) is 4.74 Å². The van der Waals surface area contributed by atoms with Gasteiger partial charge in [-0.25, -0.2) is 4.79 Å². The molecule has 0 saturated heterocycles. The molecule has 184 valence electrons. The van der Waals surface area contributed by atoms with Crippen LogP contribution in [-0.2, 0) is 14.3 Å². The normalized spacial score (nSPS) is 13.5. The van der Waals surface area contributed by atoms with Crippen molar-refractivity contribution in [1.29, 1.82) is 0 Å². The molecule has 2 unspecified atom stereocenters. The maximum absolute atomic E-state index is 13.6. The Morgan fingerprint density at radius 3 is 2.18 bits per heavy atom. The highest BCUT2D eigenvalue weighted by atomic mass is 32.1. The Morgan fingerprint density at radius 2 is 1.73 bits per heavy atom. The van der Waals surface area contributed by atoms with Gasteiger partial charge in [-0.1, -0.05) is 24.3 Å². The number of benzene rings is 1. The fourth-order valence-corrected chi connectivity index (χ4v) is 3.39. The van der Waals surface area contributed by atoms with Crippen molar-refractivity contribution in [2.45, 2.75) is 78.6 Å². The molecule has 0 spiro atoms. The number of alkyl carbamates (subject to hydrolysis) is 1. The molecule has 0 heterocycles. The van der Waals surface area contributed by atoms with Gasteiger partial charge in [0.2, 0.25) is 11.8 Å². The maximum Gasteiger partial charge on any atom is 0.408 e. The van der Waals surface area contributed by atoms with Gasteiger partial charge in [-0.15, -0.1) is 6.58 Å². The van der Waals surface area contributed by atoms with Gasteiger partial charge in [0, 0.05) is 17.8 Å². The fourth-order valence-electron chi connectivity index (χ4n) is 3.14. The summed E-state index contributed by atoms with van der Waals surface area (Å²) in [5.41, 5.74) is 1.53. The third-order valence-electron chi connectivity index (χ3n) is 4.69. The second-order valence-corrected chi connectivity index (χ2v) is 10.5. The molecule has 8 heteroatoms. The Labute approximate surface area is 203 Å². The van der Waals surface area contributed by atoms with Crippen LogP contribution in [0.5, 0.6) is 0 Å². The highest BCUT2D eigenvalue weighted by Gasteiger charge is 2.36. The molecule has 0 aromatic heterocycles. The fraction of sp³-hybridized carbons (Fsp3) is 0.560. The van der Waals surface area contributed by atoms with Crippen LogP contribution in [0.1, 0.15) is 64.3 Å². The third-order valence-corrected chi connectivity index (χ3v) is 5.05. The van der Waals surface area contributed by atoms with E-state index in [-0.39, 0.29) is 18.2 Å². The predicted octanol–water partition coefficient (Wildman–Crippen LogP) is 4.10. The maximum atomic E-state index is 13.6. The van der Waals surface area contributed by atoms with Crippen LogP contribution in [-0.4, -0.2) is 52.3 Å². The van der Waals surface area contributed by atoms with Crippen molar-refractivity contribution < 1.29 is 19.1 Å². The molecule has 0 saturated carbocycles. The topological polar surface area (TPSA) is 87.7 Å². The molecular weight excluding hydrogens is 438 g/mol. The second kappa shape index (κ2) is 11.6. The molecule has 1 aromatic rings. The van der Waals surface area contributed by atoms with Gasteiger partial charge in [0.25, 0.3) is 0 Å². The van der Waals surface area contributed by atoms with E-state index in [1.165, 1.54) is 4.90 Å². The molecule has 0 radical (unpaired) electrons. The van der Waals surface area contributed by atoms with Gasteiger partial charge in [-0.05, 0) is 72.1 Å². The van der Waals surface area contributed by atoms with Crippen LogP contribution in [0.2, 0.25) is 0 Å². The molecule has 0 bridgehead atoms. The van der Waals surface area contributed by atoms with Crippen molar-refractivity contribution in [1.82, 2.24) is 15.5 Å². The van der Waals surface area contributed by atoms with E-state index in [9.17, 15) is 14.4 Å². The van der Waals surface area contributed by atoms with Crippen molar-refractivity contribution in [2.24, 2.45) is 0 Å². The van der Waals surface area contributed by atoms with E-state index >= 15 is 0 Å². The van der Waals surface area contributed by atoms with Crippen molar-refractivity contribution in [3.05, 3.63) is 47.5 Å². The van der Waals surface area contributed by atoms with E-state index in [0.29, 0.717) is 5.56 Å². The molecule has 1 aromatic carbocycles. The second-order valence-electron chi connectivity index (χ2n) is 10.1. The molecule has 0 aliphatic heterocycles. The first-order valence-corrected chi connectivity index (χ1v) is 11.6. The predicted molar refractivity (Wildman–Crippen MR) is 135 cm³/mol. The Bertz CT molecular complexity index is 871. The Hall–Kier alpha value is -2.48. The summed E-state index contributed by atoms with van der Waals surface area (Å²) in [6.07, 6.45) is 0.828. The standard InChI is InChI=1S/C25H39N3O4S/c1-10-13-28(22(30)19(15-33)26-23(31)32-25(7,8)9)20(21(29)27-24(4,5)6)18-12-11-16(2)17(3)14-18/h10-12,14,19-20,33H,1,13,15H2,2-9H3,(H,26,31)(H,27,29). The van der Waals surface area contributed by atoms with Crippen LogP contribution in [0, 0.1) is 13.8 Å². The minimum atomic E-state index is -0.986. The highest BCUT2D eigenvalue weighted by Crippen LogP contribution is 2.26. The first kappa shape index (κ1) is 28.6. The first-order chi connectivity index (χ1) is 15.1. The quantitative estimate of drug-likeness (QED) is 0.389. The van der Waals surface area contributed by atoms with Crippen LogP contribution in [0.4, 0.5) is 4.79 Å². The molecule has 3 amide bonds. The van der Waals surface area contributed by atoms with Gasteiger partial charge >= 0.3 is 6.09 Å². The van der Waals surface area contributed by atoms with Crippen molar-refractivity contribution in [2.75, 3.05) is 12.3 Å². The summed E-state index contributed by atoms with van der Waals surface area (Å²) in [6, 6.07) is 3.77. The number of aryl methyl sites for hydroxylation is 2. The lowest BCUT2D eigenvalue weighted by Crippen LogP contribution is -2.55. The minimum Gasteiger partial charge on any atom is -0.444 e. The van der Waals surface area contributed by atoms with Gasteiger partial charge in [-0.3, -0.25) is 9.59 Å². The Morgan fingerprint density at radius 1 is 1.12 bits per heavy atom. The SMILES string of the molecule is C=CCN(C(=O)C(CS)NC(=O)OC(C)(C)C)C(C(=O)NC(C)(C)C)c1ccc(C)c(C)c1. The number of carbonyl (C=O) groups excluding carboxylic acids is 3. The zero-order chi connectivity index (χ0) is 25.6. The summed E-state index contributed by atoms with van der Waals surface area (Å²) in [6.45, 7) is 18.7. The zero-order valence-electron chi connectivity index (χ0n) is 21.1. The lowest BCUT2D eigenvalue weighted by atomic mass is 9.97. The van der Waals surface area contributed by atoms with E-state index in [1.807, 2.05) is 52.8 Å². The number of nitrogens with one attached hydrogen (secondary N) is 2. The Balaban J connectivity index is 3.42. The molecule has 33 heavy (non-hydrogen) atoms. The average Bonchev–Trinajstić information content (AvgIpc) is 2.65. The Kier molecular flexibility index (Phi) is 10.0. The summed E-state index contributed by atoms with van der Waals surface area (Å²) in [5, 5.41) is 5.56. The van der Waals surface area contributed by atoms with Crippen LogP contribution < -0.4 is 10.6 Å². The smallest absolute Gasteiger partial charge is 0.408 e. The molecule has 7 nitrogen and oxygen atoms in total. The molecular formula is C25H39N3O4S. The lowest BCUT2D eigenvalue weighted by Gasteiger charge is -2.35. The van der Waals surface area contributed by atoms with Crippen LogP contribution in [0.15, 0.2) is 30.9 Å². The van der Waals surface area contributed by atoms with Gasteiger partial charge in [0.1, 0.15) is 17.7 Å². The highest BCUT2D eigenvalue weighted by molar-refractivity contribution is 7.80. The molecule has 2 atom stereocenters. The van der Waals surface area contributed by atoms with Crippen LogP contribution in [0.25, 0.3) is 0 Å². The number of rotatable bonds is 8. The number of hydrogen-bond acceptors (Lipinski definition) is 5. The number of hydrogen-bond donors (Lipinski definition) is 3. The van der Waals surface area contributed by atoms with Gasteiger partial charge < -0.3 is 20.3 Å². The number of ether oxygens (including phenoxy) is 1. The third kappa shape index (κ3) is 9.12. The summed E-state index contributed by atoms with van der Waals surface area (Å²) in [5.74, 6) is -0.745. The van der Waals surface area contributed by atoms with Crippen molar-refractivity contribution >= 4 is 30.5 Å². The van der Waals surface area contributed by atoms with Gasteiger partial charge in [-0.2, -0.15) is 12.6 Å². The molecule has 0 aliphatic carbocycles.